The van der Waals surface area contributed by atoms with Crippen molar-refractivity contribution in [3.8, 4) is 0 Å². The molecule has 0 radical (unpaired) electrons. The summed E-state index contributed by atoms with van der Waals surface area (Å²) in [5.74, 6) is -0.741. The van der Waals surface area contributed by atoms with Gasteiger partial charge in [-0.05, 0) is 17.7 Å². The molecule has 23 heavy (non-hydrogen) atoms. The van der Waals surface area contributed by atoms with Gasteiger partial charge in [0.1, 0.15) is 5.82 Å². The molecule has 0 fully saturated rings. The van der Waals surface area contributed by atoms with E-state index in [0.717, 1.165) is 14.7 Å². The number of aromatic nitrogens is 2. The molecule has 1 aliphatic rings. The monoisotopic (exact) mass is 388 g/mol. The van der Waals surface area contributed by atoms with E-state index < -0.39 is 24.2 Å². The predicted molar refractivity (Wildman–Crippen MR) is 81.0 cm³/mol. The number of nitrogens with two attached hydrogens (primary N) is 1. The lowest BCUT2D eigenvalue weighted by Gasteiger charge is -2.33. The van der Waals surface area contributed by atoms with E-state index in [1.54, 1.807) is 24.3 Å². The van der Waals surface area contributed by atoms with Crippen molar-refractivity contribution in [1.29, 1.82) is 0 Å². The van der Waals surface area contributed by atoms with Gasteiger partial charge in [-0.15, -0.1) is 0 Å². The van der Waals surface area contributed by atoms with Gasteiger partial charge in [0.15, 0.2) is 11.7 Å². The highest BCUT2D eigenvalue weighted by Crippen LogP contribution is 2.43. The highest BCUT2D eigenvalue weighted by molar-refractivity contribution is 9.10. The fourth-order valence-corrected chi connectivity index (χ4v) is 2.87. The van der Waals surface area contributed by atoms with Crippen molar-refractivity contribution in [1.82, 2.24) is 9.78 Å². The standard InChI is InChI=1S/C14H12BrF3N4O/c15-8-3-1-7(2-4-8)9-5-11(14(16,17)18)22-12(20-9)6-10(21-22)13(19)23/h1-4,6,9,11,20H,5H2,(H2,19,23)/t9-,11+/m0/s1. The third-order valence-electron chi connectivity index (χ3n) is 3.71. The van der Waals surface area contributed by atoms with E-state index in [2.05, 4.69) is 26.3 Å². The number of fused-ring (bicyclic) bond motifs is 1. The number of carbonyl (C=O) groups excluding carboxylic acids is 1. The second kappa shape index (κ2) is 5.55. The van der Waals surface area contributed by atoms with Crippen LogP contribution in [0, 0.1) is 0 Å². The van der Waals surface area contributed by atoms with E-state index in [0.29, 0.717) is 0 Å². The zero-order valence-corrected chi connectivity index (χ0v) is 13.2. The maximum Gasteiger partial charge on any atom is 0.410 e. The lowest BCUT2D eigenvalue weighted by molar-refractivity contribution is -0.173. The van der Waals surface area contributed by atoms with Crippen molar-refractivity contribution in [3.05, 3.63) is 46.1 Å². The van der Waals surface area contributed by atoms with Crippen LogP contribution < -0.4 is 11.1 Å². The van der Waals surface area contributed by atoms with Crippen molar-refractivity contribution < 1.29 is 18.0 Å². The van der Waals surface area contributed by atoms with Crippen molar-refractivity contribution >= 4 is 27.7 Å². The van der Waals surface area contributed by atoms with E-state index in [1.807, 2.05) is 0 Å². The Kier molecular flexibility index (Phi) is 3.83. The molecule has 9 heteroatoms. The summed E-state index contributed by atoms with van der Waals surface area (Å²) >= 11 is 3.29. The fourth-order valence-electron chi connectivity index (χ4n) is 2.61. The molecule has 1 amide bonds. The van der Waals surface area contributed by atoms with Crippen LogP contribution in [0.25, 0.3) is 0 Å². The Balaban J connectivity index is 2.01. The molecule has 2 heterocycles. The number of rotatable bonds is 2. The Morgan fingerprint density at radius 2 is 2.00 bits per heavy atom. The first-order chi connectivity index (χ1) is 10.8. The van der Waals surface area contributed by atoms with Gasteiger partial charge in [-0.3, -0.25) is 4.79 Å². The zero-order chi connectivity index (χ0) is 16.8. The number of alkyl halides is 3. The molecule has 0 unspecified atom stereocenters. The van der Waals surface area contributed by atoms with Gasteiger partial charge in [-0.2, -0.15) is 18.3 Å². The first-order valence-corrected chi connectivity index (χ1v) is 7.53. The van der Waals surface area contributed by atoms with Crippen LogP contribution in [0.3, 0.4) is 0 Å². The van der Waals surface area contributed by atoms with Crippen LogP contribution in [0.1, 0.15) is 34.6 Å². The SMILES string of the molecule is NC(=O)c1cc2n(n1)[C@@H](C(F)(F)F)C[C@@H](c1ccc(Br)cc1)N2. The molecule has 3 N–H and O–H groups in total. The number of carbonyl (C=O) groups is 1. The highest BCUT2D eigenvalue weighted by atomic mass is 79.9. The summed E-state index contributed by atoms with van der Waals surface area (Å²) in [6.45, 7) is 0. The van der Waals surface area contributed by atoms with Gasteiger partial charge in [-0.1, -0.05) is 28.1 Å². The van der Waals surface area contributed by atoms with E-state index >= 15 is 0 Å². The molecular weight excluding hydrogens is 377 g/mol. The Labute approximate surface area is 137 Å². The number of anilines is 1. The topological polar surface area (TPSA) is 72.9 Å². The van der Waals surface area contributed by atoms with Crippen molar-refractivity contribution in [2.45, 2.75) is 24.7 Å². The minimum Gasteiger partial charge on any atom is -0.364 e. The van der Waals surface area contributed by atoms with Crippen LogP contribution in [0.5, 0.6) is 0 Å². The normalized spacial score (nSPS) is 20.7. The number of amides is 1. The van der Waals surface area contributed by atoms with Gasteiger partial charge in [-0.25, -0.2) is 4.68 Å². The van der Waals surface area contributed by atoms with Crippen LogP contribution in [0.2, 0.25) is 0 Å². The molecule has 0 aliphatic carbocycles. The molecule has 0 spiro atoms. The number of nitrogens with one attached hydrogen (secondary N) is 1. The Morgan fingerprint density at radius 1 is 1.35 bits per heavy atom. The molecule has 0 saturated carbocycles. The lowest BCUT2D eigenvalue weighted by Crippen LogP contribution is -2.35. The maximum atomic E-state index is 13.4. The summed E-state index contributed by atoms with van der Waals surface area (Å²) in [7, 11) is 0. The number of nitrogens with zero attached hydrogens (tertiary/aromatic N) is 2. The van der Waals surface area contributed by atoms with Crippen LogP contribution in [0.15, 0.2) is 34.8 Å². The predicted octanol–water partition coefficient (Wildman–Crippen LogP) is 3.40. The molecule has 0 saturated heterocycles. The summed E-state index contributed by atoms with van der Waals surface area (Å²) < 4.78 is 41.7. The molecule has 1 aliphatic heterocycles. The van der Waals surface area contributed by atoms with Crippen molar-refractivity contribution in [2.24, 2.45) is 5.73 Å². The number of halogens is 4. The van der Waals surface area contributed by atoms with Crippen molar-refractivity contribution in [3.63, 3.8) is 0 Å². The smallest absolute Gasteiger partial charge is 0.364 e. The second-order valence-corrected chi connectivity index (χ2v) is 6.18. The van der Waals surface area contributed by atoms with Crippen LogP contribution >= 0.6 is 15.9 Å². The minimum absolute atomic E-state index is 0.125. The molecule has 1 aromatic heterocycles. The number of primary amides is 1. The molecular formula is C14H12BrF3N4O. The third-order valence-corrected chi connectivity index (χ3v) is 4.24. The van der Waals surface area contributed by atoms with Crippen LogP contribution in [-0.2, 0) is 0 Å². The molecule has 5 nitrogen and oxygen atoms in total. The minimum atomic E-state index is -4.48. The third kappa shape index (κ3) is 3.05. The van der Waals surface area contributed by atoms with E-state index in [-0.39, 0.29) is 17.9 Å². The Morgan fingerprint density at radius 3 is 2.57 bits per heavy atom. The molecule has 3 rings (SSSR count). The van der Waals surface area contributed by atoms with Crippen LogP contribution in [0.4, 0.5) is 19.0 Å². The molecule has 122 valence electrons. The first-order valence-electron chi connectivity index (χ1n) is 6.74. The zero-order valence-electron chi connectivity index (χ0n) is 11.6. The molecule has 2 atom stereocenters. The second-order valence-electron chi connectivity index (χ2n) is 5.27. The van der Waals surface area contributed by atoms with Gasteiger partial charge in [0.05, 0.1) is 6.04 Å². The number of hydrogen-bond donors (Lipinski definition) is 2. The highest BCUT2D eigenvalue weighted by Gasteiger charge is 2.46. The molecule has 1 aromatic carbocycles. The summed E-state index contributed by atoms with van der Waals surface area (Å²) in [5.41, 5.74) is 5.64. The summed E-state index contributed by atoms with van der Waals surface area (Å²) in [5, 5.41) is 6.68. The lowest BCUT2D eigenvalue weighted by atomic mass is 9.97. The summed E-state index contributed by atoms with van der Waals surface area (Å²) in [6, 6.07) is 5.90. The average Bonchev–Trinajstić information content (AvgIpc) is 2.90. The average molecular weight is 389 g/mol. The Bertz CT molecular complexity index is 741. The largest absolute Gasteiger partial charge is 0.410 e. The van der Waals surface area contributed by atoms with Gasteiger partial charge in [0, 0.05) is 17.0 Å². The van der Waals surface area contributed by atoms with Crippen molar-refractivity contribution in [2.75, 3.05) is 5.32 Å². The number of hydrogen-bond acceptors (Lipinski definition) is 3. The number of benzene rings is 1. The molecule has 2 aromatic rings. The summed E-state index contributed by atoms with van der Waals surface area (Å²) in [4.78, 5) is 11.2. The summed E-state index contributed by atoms with van der Waals surface area (Å²) in [6.07, 6.45) is -4.70. The van der Waals surface area contributed by atoms with Gasteiger partial charge >= 0.3 is 6.18 Å². The maximum absolute atomic E-state index is 13.4. The molecule has 0 bridgehead atoms. The van der Waals surface area contributed by atoms with E-state index in [1.165, 1.54) is 6.07 Å². The van der Waals surface area contributed by atoms with E-state index in [4.69, 9.17) is 5.73 Å². The quantitative estimate of drug-likeness (QED) is 0.827. The van der Waals surface area contributed by atoms with Crippen LogP contribution in [-0.4, -0.2) is 21.9 Å². The van der Waals surface area contributed by atoms with Gasteiger partial charge < -0.3 is 11.1 Å². The Hall–Kier alpha value is -2.03. The van der Waals surface area contributed by atoms with Gasteiger partial charge in [0.25, 0.3) is 5.91 Å². The van der Waals surface area contributed by atoms with Gasteiger partial charge in [0.2, 0.25) is 0 Å². The fraction of sp³-hybridized carbons (Fsp3) is 0.286. The first kappa shape index (κ1) is 15.9. The van der Waals surface area contributed by atoms with E-state index in [9.17, 15) is 18.0 Å².